The molecule has 0 fully saturated rings. The molecule has 0 saturated heterocycles. The SMILES string of the molecule is CCC(C)CC(CC)Nc1cc(Cl)c([N+](=O)[O-])cc1C. The zero-order chi connectivity index (χ0) is 15.3. The molecule has 0 aliphatic rings. The number of aryl methyl sites for hydroxylation is 1. The van der Waals surface area contributed by atoms with Crippen LogP contribution in [0.4, 0.5) is 11.4 Å². The van der Waals surface area contributed by atoms with Crippen molar-refractivity contribution in [3.05, 3.63) is 32.8 Å². The summed E-state index contributed by atoms with van der Waals surface area (Å²) in [4.78, 5) is 10.4. The average Bonchev–Trinajstić information content (AvgIpc) is 2.40. The number of hydrogen-bond donors (Lipinski definition) is 1. The second-order valence-corrected chi connectivity index (χ2v) is 5.78. The number of halogens is 1. The summed E-state index contributed by atoms with van der Waals surface area (Å²) >= 11 is 5.97. The van der Waals surface area contributed by atoms with E-state index in [1.165, 1.54) is 6.07 Å². The molecule has 1 rings (SSSR count). The van der Waals surface area contributed by atoms with E-state index < -0.39 is 4.92 Å². The van der Waals surface area contributed by atoms with E-state index in [2.05, 4.69) is 26.1 Å². The molecule has 4 nitrogen and oxygen atoms in total. The van der Waals surface area contributed by atoms with Crippen LogP contribution in [-0.2, 0) is 0 Å². The molecule has 2 unspecified atom stereocenters. The standard InChI is InChI=1S/C15H23ClN2O2/c1-5-10(3)7-12(6-2)17-14-9-13(16)15(18(19)20)8-11(14)4/h8-10,12,17H,5-7H2,1-4H3. The fraction of sp³-hybridized carbons (Fsp3) is 0.600. The van der Waals surface area contributed by atoms with Crippen LogP contribution in [0.3, 0.4) is 0 Å². The maximum absolute atomic E-state index is 10.8. The number of nitrogens with one attached hydrogen (secondary N) is 1. The van der Waals surface area contributed by atoms with Crippen LogP contribution in [0.25, 0.3) is 0 Å². The van der Waals surface area contributed by atoms with Gasteiger partial charge >= 0.3 is 0 Å². The van der Waals surface area contributed by atoms with Crippen LogP contribution < -0.4 is 5.32 Å². The molecule has 0 aromatic heterocycles. The largest absolute Gasteiger partial charge is 0.382 e. The first kappa shape index (κ1) is 16.8. The van der Waals surface area contributed by atoms with Crippen molar-refractivity contribution in [3.63, 3.8) is 0 Å². The quantitative estimate of drug-likeness (QED) is 0.557. The van der Waals surface area contributed by atoms with Gasteiger partial charge in [0.05, 0.1) is 4.92 Å². The van der Waals surface area contributed by atoms with Gasteiger partial charge in [-0.3, -0.25) is 10.1 Å². The normalized spacial score (nSPS) is 13.8. The zero-order valence-corrected chi connectivity index (χ0v) is 13.3. The first-order chi connectivity index (χ1) is 9.38. The minimum atomic E-state index is -0.449. The Balaban J connectivity index is 2.91. The summed E-state index contributed by atoms with van der Waals surface area (Å²) in [6.07, 6.45) is 3.25. The lowest BCUT2D eigenvalue weighted by Crippen LogP contribution is -2.21. The van der Waals surface area contributed by atoms with E-state index in [1.54, 1.807) is 6.07 Å². The van der Waals surface area contributed by atoms with Gasteiger partial charge in [0.25, 0.3) is 5.69 Å². The van der Waals surface area contributed by atoms with Crippen molar-refractivity contribution in [2.45, 2.75) is 53.0 Å². The zero-order valence-electron chi connectivity index (χ0n) is 12.6. The molecule has 0 amide bonds. The van der Waals surface area contributed by atoms with Crippen molar-refractivity contribution in [2.75, 3.05) is 5.32 Å². The molecular formula is C15H23ClN2O2. The third kappa shape index (κ3) is 4.37. The molecule has 112 valence electrons. The summed E-state index contributed by atoms with van der Waals surface area (Å²) < 4.78 is 0. The van der Waals surface area contributed by atoms with Crippen molar-refractivity contribution >= 4 is 23.0 Å². The van der Waals surface area contributed by atoms with E-state index in [-0.39, 0.29) is 10.7 Å². The number of hydrogen-bond acceptors (Lipinski definition) is 3. The summed E-state index contributed by atoms with van der Waals surface area (Å²) in [5.74, 6) is 0.654. The van der Waals surface area contributed by atoms with Crippen molar-refractivity contribution in [3.8, 4) is 0 Å². The molecular weight excluding hydrogens is 276 g/mol. The number of rotatable bonds is 7. The lowest BCUT2D eigenvalue weighted by molar-refractivity contribution is -0.384. The van der Waals surface area contributed by atoms with Crippen LogP contribution in [-0.4, -0.2) is 11.0 Å². The molecule has 1 N–H and O–H groups in total. The second kappa shape index (κ2) is 7.48. The van der Waals surface area contributed by atoms with E-state index in [4.69, 9.17) is 11.6 Å². The minimum Gasteiger partial charge on any atom is -0.382 e. The van der Waals surface area contributed by atoms with Gasteiger partial charge in [-0.25, -0.2) is 0 Å². The molecule has 0 aliphatic heterocycles. The lowest BCUT2D eigenvalue weighted by atomic mass is 9.97. The third-order valence-corrected chi connectivity index (χ3v) is 4.03. The molecule has 0 radical (unpaired) electrons. The third-order valence-electron chi connectivity index (χ3n) is 3.73. The predicted octanol–water partition coefficient (Wildman–Crippen LogP) is 5.18. The smallest absolute Gasteiger partial charge is 0.288 e. The van der Waals surface area contributed by atoms with Gasteiger partial charge in [0.15, 0.2) is 0 Å². The van der Waals surface area contributed by atoms with Gasteiger partial charge < -0.3 is 5.32 Å². The van der Waals surface area contributed by atoms with Crippen molar-refractivity contribution in [1.82, 2.24) is 0 Å². The molecule has 5 heteroatoms. The lowest BCUT2D eigenvalue weighted by Gasteiger charge is -2.22. The highest BCUT2D eigenvalue weighted by molar-refractivity contribution is 6.33. The van der Waals surface area contributed by atoms with Gasteiger partial charge in [-0.2, -0.15) is 0 Å². The molecule has 0 heterocycles. The van der Waals surface area contributed by atoms with E-state index in [0.29, 0.717) is 12.0 Å². The maximum Gasteiger partial charge on any atom is 0.288 e. The van der Waals surface area contributed by atoms with Crippen LogP contribution in [0.5, 0.6) is 0 Å². The Labute approximate surface area is 125 Å². The van der Waals surface area contributed by atoms with Gasteiger partial charge in [-0.1, -0.05) is 38.8 Å². The Morgan fingerprint density at radius 3 is 2.50 bits per heavy atom. The molecule has 0 spiro atoms. The minimum absolute atomic E-state index is 0.0373. The molecule has 20 heavy (non-hydrogen) atoms. The van der Waals surface area contributed by atoms with E-state index >= 15 is 0 Å². The van der Waals surface area contributed by atoms with Gasteiger partial charge in [0.1, 0.15) is 5.02 Å². The van der Waals surface area contributed by atoms with Gasteiger partial charge in [0, 0.05) is 17.8 Å². The molecule has 0 saturated carbocycles. The number of benzene rings is 1. The summed E-state index contributed by atoms with van der Waals surface area (Å²) in [6, 6.07) is 3.55. The van der Waals surface area contributed by atoms with Crippen molar-refractivity contribution in [1.29, 1.82) is 0 Å². The average molecular weight is 299 g/mol. The molecule has 1 aromatic carbocycles. The highest BCUT2D eigenvalue weighted by Gasteiger charge is 2.17. The summed E-state index contributed by atoms with van der Waals surface area (Å²) in [5, 5.41) is 14.5. The fourth-order valence-electron chi connectivity index (χ4n) is 2.16. The van der Waals surface area contributed by atoms with E-state index in [9.17, 15) is 10.1 Å². The Hall–Kier alpha value is -1.29. The summed E-state index contributed by atoms with van der Waals surface area (Å²) in [5.41, 5.74) is 1.70. The molecule has 1 aromatic rings. The maximum atomic E-state index is 10.8. The van der Waals surface area contributed by atoms with Crippen LogP contribution in [0.1, 0.15) is 45.6 Å². The number of anilines is 1. The Bertz CT molecular complexity index is 477. The van der Waals surface area contributed by atoms with Gasteiger partial charge in [-0.05, 0) is 37.3 Å². The predicted molar refractivity (Wildman–Crippen MR) is 84.6 cm³/mol. The van der Waals surface area contributed by atoms with Crippen LogP contribution >= 0.6 is 11.6 Å². The summed E-state index contributed by atoms with van der Waals surface area (Å²) in [6.45, 7) is 8.43. The van der Waals surface area contributed by atoms with Crippen LogP contribution in [0.2, 0.25) is 5.02 Å². The summed E-state index contributed by atoms with van der Waals surface area (Å²) in [7, 11) is 0. The van der Waals surface area contributed by atoms with E-state index in [0.717, 1.165) is 30.5 Å². The fourth-order valence-corrected chi connectivity index (χ4v) is 2.39. The molecule has 0 bridgehead atoms. The number of nitro groups is 1. The molecule has 0 aliphatic carbocycles. The van der Waals surface area contributed by atoms with Crippen LogP contribution in [0.15, 0.2) is 12.1 Å². The van der Waals surface area contributed by atoms with Crippen molar-refractivity contribution in [2.24, 2.45) is 5.92 Å². The first-order valence-electron chi connectivity index (χ1n) is 7.10. The Kier molecular flexibility index (Phi) is 6.27. The van der Waals surface area contributed by atoms with Gasteiger partial charge in [-0.15, -0.1) is 0 Å². The van der Waals surface area contributed by atoms with Crippen LogP contribution in [0, 0.1) is 23.0 Å². The number of nitro benzene ring substituents is 1. The van der Waals surface area contributed by atoms with E-state index in [1.807, 2.05) is 6.92 Å². The monoisotopic (exact) mass is 298 g/mol. The Morgan fingerprint density at radius 1 is 1.35 bits per heavy atom. The van der Waals surface area contributed by atoms with Gasteiger partial charge in [0.2, 0.25) is 0 Å². The topological polar surface area (TPSA) is 55.2 Å². The highest BCUT2D eigenvalue weighted by atomic mass is 35.5. The first-order valence-corrected chi connectivity index (χ1v) is 7.47. The second-order valence-electron chi connectivity index (χ2n) is 5.37. The Morgan fingerprint density at radius 2 is 2.00 bits per heavy atom. The highest BCUT2D eigenvalue weighted by Crippen LogP contribution is 2.31. The number of nitrogens with zero attached hydrogens (tertiary/aromatic N) is 1. The van der Waals surface area contributed by atoms with Crippen molar-refractivity contribution < 1.29 is 4.92 Å². The molecule has 2 atom stereocenters.